The zero-order valence-corrected chi connectivity index (χ0v) is 24.3. The van der Waals surface area contributed by atoms with Crippen molar-refractivity contribution in [3.05, 3.63) is 78.9 Å². The van der Waals surface area contributed by atoms with E-state index in [9.17, 15) is 29.8 Å². The van der Waals surface area contributed by atoms with Crippen LogP contribution in [-0.2, 0) is 30.4 Å². The highest BCUT2D eigenvalue weighted by Crippen LogP contribution is 2.38. The molecule has 4 rings (SSSR count). The molecular weight excluding hydrogens is 641 g/mol. The quantitative estimate of drug-likeness (QED) is 0.0807. The monoisotopic (exact) mass is 660 g/mol. The van der Waals surface area contributed by atoms with Gasteiger partial charge in [0.1, 0.15) is 22.7 Å². The topological polar surface area (TPSA) is 289 Å². The highest BCUT2D eigenvalue weighted by Gasteiger charge is 2.14. The number of rotatable bonds is 9. The number of nitrogen functional groups attached to an aromatic ring is 2. The van der Waals surface area contributed by atoms with Gasteiger partial charge >= 0.3 is 0 Å². The first-order chi connectivity index (χ1) is 20.5. The number of nitrogens with two attached hydrogens (primary N) is 2. The van der Waals surface area contributed by atoms with E-state index in [0.717, 1.165) is 36.4 Å². The van der Waals surface area contributed by atoms with E-state index < -0.39 is 35.2 Å². The molecule has 0 bridgehead atoms. The zero-order valence-electron chi connectivity index (χ0n) is 21.9. The normalized spacial score (nSPS) is 12.9. The van der Waals surface area contributed by atoms with E-state index in [4.69, 9.17) is 20.6 Å². The molecule has 0 fully saturated rings. The van der Waals surface area contributed by atoms with E-state index in [1.165, 1.54) is 42.5 Å². The van der Waals surface area contributed by atoms with Gasteiger partial charge in [0.15, 0.2) is 0 Å². The summed E-state index contributed by atoms with van der Waals surface area (Å²) in [4.78, 5) is -1.23. The maximum atomic E-state index is 11.7. The third kappa shape index (κ3) is 8.09. The van der Waals surface area contributed by atoms with Gasteiger partial charge in [-0.3, -0.25) is 13.7 Å². The number of azo groups is 3. The van der Waals surface area contributed by atoms with E-state index in [0.29, 0.717) is 0 Å². The first kappa shape index (κ1) is 31.9. The molecular formula is C24H20N8O9S3. The molecule has 0 amide bonds. The van der Waals surface area contributed by atoms with Crippen molar-refractivity contribution >= 4 is 75.9 Å². The molecule has 0 radical (unpaired) electrons. The van der Waals surface area contributed by atoms with E-state index in [1.54, 1.807) is 0 Å². The van der Waals surface area contributed by atoms with Gasteiger partial charge in [-0.05, 0) is 78.9 Å². The lowest BCUT2D eigenvalue weighted by Gasteiger charge is -2.05. The second kappa shape index (κ2) is 12.3. The Morgan fingerprint density at radius 3 is 1.20 bits per heavy atom. The minimum absolute atomic E-state index is 0.0194. The highest BCUT2D eigenvalue weighted by molar-refractivity contribution is 7.86. The summed E-state index contributed by atoms with van der Waals surface area (Å²) >= 11 is 0. The fourth-order valence-corrected chi connectivity index (χ4v) is 4.77. The molecule has 20 heteroatoms. The number of hydrogen-bond donors (Lipinski definition) is 5. The van der Waals surface area contributed by atoms with Crippen molar-refractivity contribution in [3.8, 4) is 0 Å². The molecule has 7 N–H and O–H groups in total. The lowest BCUT2D eigenvalue weighted by Crippen LogP contribution is -1.97. The molecule has 0 spiro atoms. The Labute approximate surface area is 250 Å². The molecule has 0 heterocycles. The van der Waals surface area contributed by atoms with Gasteiger partial charge in [-0.1, -0.05) is 0 Å². The molecule has 44 heavy (non-hydrogen) atoms. The van der Waals surface area contributed by atoms with Crippen LogP contribution in [0, 0.1) is 0 Å². The molecule has 228 valence electrons. The molecule has 0 saturated heterocycles. The Morgan fingerprint density at radius 1 is 0.409 bits per heavy atom. The number of anilines is 2. The lowest BCUT2D eigenvalue weighted by molar-refractivity contribution is 0.481. The van der Waals surface area contributed by atoms with E-state index in [2.05, 4.69) is 30.7 Å². The maximum Gasteiger partial charge on any atom is 0.294 e. The van der Waals surface area contributed by atoms with Crippen molar-refractivity contribution in [3.63, 3.8) is 0 Å². The summed E-state index contributed by atoms with van der Waals surface area (Å²) in [6.45, 7) is 0. The largest absolute Gasteiger partial charge is 0.397 e. The average Bonchev–Trinajstić information content (AvgIpc) is 2.94. The van der Waals surface area contributed by atoms with Gasteiger partial charge in [-0.2, -0.15) is 35.5 Å². The molecule has 4 aromatic carbocycles. The Balaban J connectivity index is 1.66. The van der Waals surface area contributed by atoms with Gasteiger partial charge < -0.3 is 11.5 Å². The molecule has 0 aliphatic heterocycles. The molecule has 0 unspecified atom stereocenters. The third-order valence-corrected chi connectivity index (χ3v) is 8.09. The first-order valence-electron chi connectivity index (χ1n) is 11.7. The molecule has 17 nitrogen and oxygen atoms in total. The van der Waals surface area contributed by atoms with Crippen LogP contribution in [0.5, 0.6) is 0 Å². The van der Waals surface area contributed by atoms with Crippen LogP contribution in [0.1, 0.15) is 0 Å². The molecule has 0 saturated carbocycles. The zero-order chi connectivity index (χ0) is 32.3. The lowest BCUT2D eigenvalue weighted by atomic mass is 10.2. The van der Waals surface area contributed by atoms with Crippen molar-refractivity contribution in [2.75, 3.05) is 11.5 Å². The molecule has 0 aliphatic rings. The fraction of sp³-hybridized carbons (Fsp3) is 0. The van der Waals surface area contributed by atoms with Crippen LogP contribution < -0.4 is 11.5 Å². The van der Waals surface area contributed by atoms with Crippen molar-refractivity contribution in [2.45, 2.75) is 14.7 Å². The Bertz CT molecular complexity index is 2150. The number of hydrogen-bond acceptors (Lipinski definition) is 14. The highest BCUT2D eigenvalue weighted by atomic mass is 32.2. The summed E-state index contributed by atoms with van der Waals surface area (Å²) in [5, 5.41) is 23.9. The van der Waals surface area contributed by atoms with Gasteiger partial charge in [-0.25, -0.2) is 0 Å². The molecule has 0 aliphatic carbocycles. The van der Waals surface area contributed by atoms with Gasteiger partial charge in [0.05, 0.1) is 37.4 Å². The molecule has 4 aromatic rings. The summed E-state index contributed by atoms with van der Waals surface area (Å²) in [5.41, 5.74) is 12.6. The minimum atomic E-state index is -4.64. The number of nitrogens with zero attached hydrogens (tertiary/aromatic N) is 6. The van der Waals surface area contributed by atoms with Gasteiger partial charge in [-0.15, -0.1) is 20.5 Å². The van der Waals surface area contributed by atoms with Crippen LogP contribution >= 0.6 is 0 Å². The summed E-state index contributed by atoms with van der Waals surface area (Å²) in [6, 6.07) is 15.4. The van der Waals surface area contributed by atoms with Crippen LogP contribution in [0.15, 0.2) is 124 Å². The van der Waals surface area contributed by atoms with Gasteiger partial charge in [0.25, 0.3) is 30.4 Å². The second-order valence-electron chi connectivity index (χ2n) is 8.63. The van der Waals surface area contributed by atoms with Gasteiger partial charge in [0, 0.05) is 0 Å². The first-order valence-corrected chi connectivity index (χ1v) is 16.0. The summed E-state index contributed by atoms with van der Waals surface area (Å²) in [7, 11) is -13.5. The predicted molar refractivity (Wildman–Crippen MR) is 157 cm³/mol. The van der Waals surface area contributed by atoms with Crippen molar-refractivity contribution in [1.29, 1.82) is 0 Å². The van der Waals surface area contributed by atoms with Crippen LogP contribution in [0.3, 0.4) is 0 Å². The van der Waals surface area contributed by atoms with E-state index in [-0.39, 0.29) is 55.3 Å². The second-order valence-corrected chi connectivity index (χ2v) is 12.9. The minimum Gasteiger partial charge on any atom is -0.397 e. The van der Waals surface area contributed by atoms with Crippen molar-refractivity contribution in [1.82, 2.24) is 0 Å². The molecule has 0 aromatic heterocycles. The molecule has 0 atom stereocenters. The van der Waals surface area contributed by atoms with E-state index in [1.807, 2.05) is 0 Å². The maximum absolute atomic E-state index is 11.7. The Kier molecular flexibility index (Phi) is 8.94. The summed E-state index contributed by atoms with van der Waals surface area (Å²) < 4.78 is 95.9. The SMILES string of the molecule is Nc1cc(N)c(N=Nc2ccc(S(=O)(=O)O)cc2N=Nc2ccc(S(=O)(=O)O)cc2)cc1N=Nc1ccc(S(=O)(=O)O)cc1. The average molecular weight is 661 g/mol. The Hall–Kier alpha value is -4.99. The van der Waals surface area contributed by atoms with Crippen molar-refractivity contribution in [2.24, 2.45) is 30.7 Å². The standard InChI is InChI=1S/C24H20N8O9S3/c25-19-12-20(26)23(13-22(19)30-27-14-1-5-16(6-2-14)42(33,34)35)31-29-21-10-9-18(44(39,40)41)11-24(21)32-28-15-3-7-17(8-4-15)43(36,37)38/h1-13H,25-26H2,(H,33,34,35)(H,36,37,38)(H,39,40,41). The van der Waals surface area contributed by atoms with Gasteiger partial charge in [0.2, 0.25) is 0 Å². The Morgan fingerprint density at radius 2 is 0.773 bits per heavy atom. The predicted octanol–water partition coefficient (Wildman–Crippen LogP) is 5.84. The van der Waals surface area contributed by atoms with Crippen LogP contribution in [0.2, 0.25) is 0 Å². The number of benzene rings is 4. The fourth-order valence-electron chi connectivity index (χ4n) is 3.31. The third-order valence-electron chi connectivity index (χ3n) is 5.50. The smallest absolute Gasteiger partial charge is 0.294 e. The summed E-state index contributed by atoms with van der Waals surface area (Å²) in [5.74, 6) is 0. The van der Waals surface area contributed by atoms with Crippen LogP contribution in [-0.4, -0.2) is 38.9 Å². The van der Waals surface area contributed by atoms with E-state index >= 15 is 0 Å². The van der Waals surface area contributed by atoms with Crippen LogP contribution in [0.25, 0.3) is 0 Å². The summed E-state index contributed by atoms with van der Waals surface area (Å²) in [6.07, 6.45) is 0. The van der Waals surface area contributed by atoms with Crippen LogP contribution in [0.4, 0.5) is 45.5 Å². The van der Waals surface area contributed by atoms with Crippen molar-refractivity contribution < 1.29 is 38.9 Å².